The second-order valence-electron chi connectivity index (χ2n) is 8.61. The molecule has 0 amide bonds. The zero-order chi connectivity index (χ0) is 23.9. The van der Waals surface area contributed by atoms with Crippen LogP contribution in [0.4, 0.5) is 5.69 Å². The molecule has 3 aromatic rings. The SMILES string of the molecule is COc1ccc(S(=O)(=O)N2CC[C@H]3[C@H](CO)Nc4ccc(-c5ccc(C#N)cc5)cc4[C@H]32)cc1. The summed E-state index contributed by atoms with van der Waals surface area (Å²) in [5, 5.41) is 22.5. The average Bonchev–Trinajstić information content (AvgIpc) is 3.34. The number of methoxy groups -OCH3 is 1. The van der Waals surface area contributed by atoms with Crippen LogP contribution < -0.4 is 10.1 Å². The molecule has 2 aliphatic heterocycles. The normalized spacial score (nSPS) is 21.7. The molecule has 5 rings (SSSR count). The van der Waals surface area contributed by atoms with Crippen LogP contribution in [0.5, 0.6) is 5.75 Å². The van der Waals surface area contributed by atoms with Crippen molar-refractivity contribution in [1.82, 2.24) is 4.31 Å². The molecule has 2 N–H and O–H groups in total. The minimum atomic E-state index is -3.76. The van der Waals surface area contributed by atoms with Crippen molar-refractivity contribution in [3.05, 3.63) is 77.9 Å². The van der Waals surface area contributed by atoms with Crippen LogP contribution in [-0.4, -0.2) is 44.1 Å². The van der Waals surface area contributed by atoms with Crippen LogP contribution in [0.25, 0.3) is 11.1 Å². The van der Waals surface area contributed by atoms with E-state index in [1.165, 1.54) is 0 Å². The van der Waals surface area contributed by atoms with Gasteiger partial charge in [-0.2, -0.15) is 9.57 Å². The number of nitrogens with zero attached hydrogens (tertiary/aromatic N) is 2. The third-order valence-electron chi connectivity index (χ3n) is 6.84. The summed E-state index contributed by atoms with van der Waals surface area (Å²) in [5.74, 6) is 0.541. The van der Waals surface area contributed by atoms with Crippen LogP contribution in [0.15, 0.2) is 71.6 Å². The molecule has 0 bridgehead atoms. The Morgan fingerprint density at radius 3 is 2.44 bits per heavy atom. The Labute approximate surface area is 199 Å². The molecule has 174 valence electrons. The number of aliphatic hydroxyl groups excluding tert-OH is 1. The topological polar surface area (TPSA) is 103 Å². The minimum Gasteiger partial charge on any atom is -0.497 e. The molecule has 0 saturated carbocycles. The van der Waals surface area contributed by atoms with Crippen molar-refractivity contribution in [3.8, 4) is 22.9 Å². The number of ether oxygens (including phenoxy) is 1. The van der Waals surface area contributed by atoms with Gasteiger partial charge in [0.1, 0.15) is 5.75 Å². The van der Waals surface area contributed by atoms with E-state index in [0.717, 1.165) is 22.4 Å². The maximum Gasteiger partial charge on any atom is 0.243 e. The first-order valence-electron chi connectivity index (χ1n) is 11.1. The van der Waals surface area contributed by atoms with Gasteiger partial charge in [-0.15, -0.1) is 0 Å². The van der Waals surface area contributed by atoms with E-state index in [-0.39, 0.29) is 29.5 Å². The number of rotatable bonds is 5. The number of benzene rings is 3. The van der Waals surface area contributed by atoms with Crippen molar-refractivity contribution >= 4 is 15.7 Å². The molecule has 0 unspecified atom stereocenters. The maximum atomic E-state index is 13.7. The summed E-state index contributed by atoms with van der Waals surface area (Å²) < 4.78 is 34.1. The smallest absolute Gasteiger partial charge is 0.243 e. The third kappa shape index (κ3) is 3.72. The largest absolute Gasteiger partial charge is 0.497 e. The van der Waals surface area contributed by atoms with Crippen molar-refractivity contribution < 1.29 is 18.3 Å². The van der Waals surface area contributed by atoms with Gasteiger partial charge in [0, 0.05) is 18.2 Å². The van der Waals surface area contributed by atoms with Crippen LogP contribution in [-0.2, 0) is 10.0 Å². The number of hydrogen-bond acceptors (Lipinski definition) is 6. The monoisotopic (exact) mass is 475 g/mol. The summed E-state index contributed by atoms with van der Waals surface area (Å²) in [6.07, 6.45) is 0.652. The molecular weight excluding hydrogens is 450 g/mol. The lowest BCUT2D eigenvalue weighted by Gasteiger charge is -2.39. The lowest BCUT2D eigenvalue weighted by Crippen LogP contribution is -2.42. The summed E-state index contributed by atoms with van der Waals surface area (Å²) in [7, 11) is -2.22. The van der Waals surface area contributed by atoms with Gasteiger partial charge in [0.2, 0.25) is 10.0 Å². The van der Waals surface area contributed by atoms with Crippen molar-refractivity contribution in [2.24, 2.45) is 5.92 Å². The van der Waals surface area contributed by atoms with Crippen LogP contribution in [0.2, 0.25) is 0 Å². The van der Waals surface area contributed by atoms with Gasteiger partial charge in [0.25, 0.3) is 0 Å². The van der Waals surface area contributed by atoms with E-state index in [0.29, 0.717) is 24.3 Å². The Morgan fingerprint density at radius 1 is 1.09 bits per heavy atom. The number of nitriles is 1. The first-order valence-corrected chi connectivity index (χ1v) is 12.6. The fraction of sp³-hybridized carbons (Fsp3) is 0.269. The zero-order valence-corrected chi connectivity index (χ0v) is 19.5. The van der Waals surface area contributed by atoms with Crippen LogP contribution in [0.3, 0.4) is 0 Å². The molecule has 0 spiro atoms. The molecule has 1 fully saturated rings. The molecule has 8 heteroatoms. The Hall–Kier alpha value is -3.38. The van der Waals surface area contributed by atoms with E-state index in [4.69, 9.17) is 10.00 Å². The second-order valence-corrected chi connectivity index (χ2v) is 10.5. The number of nitrogens with one attached hydrogen (secondary N) is 1. The summed E-state index contributed by atoms with van der Waals surface area (Å²) in [6.45, 7) is 0.302. The van der Waals surface area contributed by atoms with E-state index < -0.39 is 10.0 Å². The molecule has 0 aliphatic carbocycles. The number of fused-ring (bicyclic) bond motifs is 3. The summed E-state index contributed by atoms with van der Waals surface area (Å²) in [6, 6.07) is 21.2. The summed E-state index contributed by atoms with van der Waals surface area (Å²) in [5.41, 5.74) is 4.20. The van der Waals surface area contributed by atoms with Crippen LogP contribution in [0, 0.1) is 17.2 Å². The molecular formula is C26H25N3O4S. The highest BCUT2D eigenvalue weighted by Crippen LogP contribution is 2.49. The fourth-order valence-corrected chi connectivity index (χ4v) is 6.76. The second kappa shape index (κ2) is 8.76. The van der Waals surface area contributed by atoms with Gasteiger partial charge < -0.3 is 15.2 Å². The Bertz CT molecular complexity index is 1350. The molecule has 3 atom stereocenters. The lowest BCUT2D eigenvalue weighted by atomic mass is 9.82. The van der Waals surface area contributed by atoms with Crippen molar-refractivity contribution in [2.75, 3.05) is 25.6 Å². The molecule has 34 heavy (non-hydrogen) atoms. The van der Waals surface area contributed by atoms with E-state index >= 15 is 0 Å². The molecule has 3 aromatic carbocycles. The van der Waals surface area contributed by atoms with Crippen molar-refractivity contribution in [1.29, 1.82) is 5.26 Å². The Kier molecular flexibility index (Phi) is 5.78. The van der Waals surface area contributed by atoms with Gasteiger partial charge in [0.15, 0.2) is 0 Å². The predicted molar refractivity (Wildman–Crippen MR) is 129 cm³/mol. The van der Waals surface area contributed by atoms with E-state index in [2.05, 4.69) is 11.4 Å². The van der Waals surface area contributed by atoms with Gasteiger partial charge >= 0.3 is 0 Å². The van der Waals surface area contributed by atoms with Gasteiger partial charge in [-0.1, -0.05) is 18.2 Å². The van der Waals surface area contributed by atoms with Crippen molar-refractivity contribution in [2.45, 2.75) is 23.4 Å². The quantitative estimate of drug-likeness (QED) is 0.582. The molecule has 2 aliphatic rings. The van der Waals surface area contributed by atoms with Crippen LogP contribution in [0.1, 0.15) is 23.6 Å². The first kappa shape index (κ1) is 22.4. The highest BCUT2D eigenvalue weighted by Gasteiger charge is 2.48. The summed E-state index contributed by atoms with van der Waals surface area (Å²) in [4.78, 5) is 0.220. The first-order chi connectivity index (χ1) is 16.5. The van der Waals surface area contributed by atoms with Crippen molar-refractivity contribution in [3.63, 3.8) is 0 Å². The number of hydrogen-bond donors (Lipinski definition) is 2. The predicted octanol–water partition coefficient (Wildman–Crippen LogP) is 3.77. The molecule has 2 heterocycles. The Balaban J connectivity index is 1.58. The van der Waals surface area contributed by atoms with Crippen LogP contribution >= 0.6 is 0 Å². The number of aliphatic hydroxyl groups is 1. The van der Waals surface area contributed by atoms with Gasteiger partial charge in [0.05, 0.1) is 42.3 Å². The average molecular weight is 476 g/mol. The molecule has 0 aromatic heterocycles. The summed E-state index contributed by atoms with van der Waals surface area (Å²) >= 11 is 0. The standard InChI is InChI=1S/C26H25N3O4S/c1-33-20-7-9-21(10-8-20)34(31,32)29-13-12-22-25(16-30)28-24-11-6-19(14-23(24)26(22)29)18-4-2-17(15-27)3-5-18/h2-11,14,22,25-26,28,30H,12-13,16H2,1H3/t22-,25-,26-/m0/s1. The van der Waals surface area contributed by atoms with E-state index in [9.17, 15) is 13.5 Å². The van der Waals surface area contributed by atoms with E-state index in [1.807, 2.05) is 30.3 Å². The van der Waals surface area contributed by atoms with Gasteiger partial charge in [-0.3, -0.25) is 0 Å². The number of sulfonamides is 1. The zero-order valence-electron chi connectivity index (χ0n) is 18.7. The molecule has 1 saturated heterocycles. The maximum absolute atomic E-state index is 13.7. The highest BCUT2D eigenvalue weighted by molar-refractivity contribution is 7.89. The fourth-order valence-electron chi connectivity index (χ4n) is 5.09. The highest BCUT2D eigenvalue weighted by atomic mass is 32.2. The lowest BCUT2D eigenvalue weighted by molar-refractivity contribution is 0.210. The number of anilines is 1. The Morgan fingerprint density at radius 2 is 1.79 bits per heavy atom. The van der Waals surface area contributed by atoms with Gasteiger partial charge in [-0.05, 0) is 71.6 Å². The van der Waals surface area contributed by atoms with E-state index in [1.54, 1.807) is 47.8 Å². The minimum absolute atomic E-state index is 0.0539. The van der Waals surface area contributed by atoms with Gasteiger partial charge in [-0.25, -0.2) is 8.42 Å². The third-order valence-corrected chi connectivity index (χ3v) is 8.73. The molecule has 7 nitrogen and oxygen atoms in total. The molecule has 0 radical (unpaired) electrons.